The molecule has 0 fully saturated rings. The maximum absolute atomic E-state index is 12.3. The Balaban J connectivity index is 1.49. The third-order valence-electron chi connectivity index (χ3n) is 4.35. The molecule has 0 radical (unpaired) electrons. The third-order valence-corrected chi connectivity index (χ3v) is 6.86. The highest BCUT2D eigenvalue weighted by Crippen LogP contribution is 2.21. The minimum Gasteiger partial charge on any atom is -0.493 e. The Morgan fingerprint density at radius 3 is 2.18 bits per heavy atom. The Kier molecular flexibility index (Phi) is 8.34. The summed E-state index contributed by atoms with van der Waals surface area (Å²) in [6.07, 6.45) is 3.11. The fraction of sp³-hybridized carbons (Fsp3) is 0.217. The van der Waals surface area contributed by atoms with Gasteiger partial charge in [0.15, 0.2) is 0 Å². The molecule has 0 aliphatic heterocycles. The number of rotatable bonds is 10. The summed E-state index contributed by atoms with van der Waals surface area (Å²) in [6.45, 7) is 3.03. The zero-order valence-electron chi connectivity index (χ0n) is 18.5. The van der Waals surface area contributed by atoms with Gasteiger partial charge >= 0.3 is 0 Å². The lowest BCUT2D eigenvalue weighted by Crippen LogP contribution is -2.13. The molecule has 0 saturated carbocycles. The van der Waals surface area contributed by atoms with Crippen LogP contribution in [0.2, 0.25) is 0 Å². The van der Waals surface area contributed by atoms with Gasteiger partial charge < -0.3 is 9.47 Å². The molecule has 1 amide bonds. The molecule has 9 nitrogen and oxygen atoms in total. The Hall–Kier alpha value is -3.75. The molecule has 3 rings (SSSR count). The lowest BCUT2D eigenvalue weighted by Gasteiger charge is -2.08. The van der Waals surface area contributed by atoms with Gasteiger partial charge in [-0.3, -0.25) is 10.1 Å². The van der Waals surface area contributed by atoms with Crippen molar-refractivity contribution in [1.82, 2.24) is 10.2 Å². The van der Waals surface area contributed by atoms with Crippen molar-refractivity contribution in [3.8, 4) is 17.6 Å². The van der Waals surface area contributed by atoms with Crippen molar-refractivity contribution in [3.05, 3.63) is 65.2 Å². The molecule has 2 aromatic carbocycles. The Morgan fingerprint density at radius 1 is 1.06 bits per heavy atom. The predicted octanol–water partition coefficient (Wildman–Crippen LogP) is 3.64. The van der Waals surface area contributed by atoms with Crippen molar-refractivity contribution < 1.29 is 22.7 Å². The minimum absolute atomic E-state index is 0.0123. The van der Waals surface area contributed by atoms with Crippen molar-refractivity contribution in [3.63, 3.8) is 0 Å². The van der Waals surface area contributed by atoms with Gasteiger partial charge in [-0.05, 0) is 42.8 Å². The lowest BCUT2D eigenvalue weighted by atomic mass is 10.1. The Morgan fingerprint density at radius 2 is 1.65 bits per heavy atom. The second-order valence-corrected chi connectivity index (χ2v) is 10.4. The molecule has 1 aromatic heterocycles. The summed E-state index contributed by atoms with van der Waals surface area (Å²) < 4.78 is 34.1. The van der Waals surface area contributed by atoms with E-state index in [-0.39, 0.29) is 15.0 Å². The summed E-state index contributed by atoms with van der Waals surface area (Å²) in [5.74, 6) is 0.756. The first kappa shape index (κ1) is 24.9. The summed E-state index contributed by atoms with van der Waals surface area (Å²) in [4.78, 5) is 12.3. The van der Waals surface area contributed by atoms with Gasteiger partial charge in [0.25, 0.3) is 5.91 Å². The molecule has 0 unspecified atom stereocenters. The van der Waals surface area contributed by atoms with Crippen LogP contribution in [0.15, 0.2) is 58.4 Å². The van der Waals surface area contributed by atoms with Crippen molar-refractivity contribution in [2.24, 2.45) is 0 Å². The van der Waals surface area contributed by atoms with Crippen molar-refractivity contribution in [2.45, 2.75) is 17.7 Å². The van der Waals surface area contributed by atoms with Gasteiger partial charge in [-0.25, -0.2) is 8.42 Å². The number of ether oxygens (including phenoxy) is 2. The first-order valence-electron chi connectivity index (χ1n) is 10.1. The SMILES string of the molecule is Cc1ccc(OCCCOc2ccc(/C=C(/C#N)C(=O)Nc3nnc(S(C)(=O)=O)s3)cc2)cc1. The molecule has 0 aliphatic carbocycles. The van der Waals surface area contributed by atoms with E-state index in [1.54, 1.807) is 24.3 Å². The molecule has 1 N–H and O–H groups in total. The normalized spacial score (nSPS) is 11.5. The number of anilines is 1. The number of aryl methyl sites for hydroxylation is 1. The average Bonchev–Trinajstić information content (AvgIpc) is 3.28. The maximum atomic E-state index is 12.3. The largest absolute Gasteiger partial charge is 0.493 e. The van der Waals surface area contributed by atoms with Gasteiger partial charge in [0.1, 0.15) is 23.1 Å². The summed E-state index contributed by atoms with van der Waals surface area (Å²) in [7, 11) is -3.53. The van der Waals surface area contributed by atoms with Gasteiger partial charge in [-0.2, -0.15) is 5.26 Å². The molecular weight excluding hydrogens is 476 g/mol. The first-order chi connectivity index (χ1) is 16.2. The molecule has 0 saturated heterocycles. The third kappa shape index (κ3) is 7.40. The second-order valence-electron chi connectivity index (χ2n) is 7.20. The molecule has 0 atom stereocenters. The number of sulfone groups is 1. The van der Waals surface area contributed by atoms with Crippen molar-refractivity contribution in [1.29, 1.82) is 5.26 Å². The zero-order chi connectivity index (χ0) is 24.6. The molecule has 1 heterocycles. The first-order valence-corrected chi connectivity index (χ1v) is 12.8. The number of benzene rings is 2. The van der Waals surface area contributed by atoms with E-state index in [0.29, 0.717) is 42.3 Å². The van der Waals surface area contributed by atoms with E-state index in [4.69, 9.17) is 9.47 Å². The van der Waals surface area contributed by atoms with Crippen LogP contribution in [0.3, 0.4) is 0 Å². The molecule has 176 valence electrons. The maximum Gasteiger partial charge on any atom is 0.268 e. The molecule has 0 bridgehead atoms. The van der Waals surface area contributed by atoms with Crippen LogP contribution < -0.4 is 14.8 Å². The van der Waals surface area contributed by atoms with E-state index >= 15 is 0 Å². The van der Waals surface area contributed by atoms with E-state index in [9.17, 15) is 18.5 Å². The Labute approximate surface area is 201 Å². The standard InChI is InChI=1S/C23H22N4O5S2/c1-16-4-8-19(9-5-16)31-12-3-13-32-20-10-6-17(7-11-20)14-18(15-24)21(28)25-22-26-27-23(33-22)34(2,29)30/h4-11,14H,3,12-13H2,1-2H3,(H,25,26,28)/b18-14-. The van der Waals surface area contributed by atoms with Crippen LogP contribution in [-0.2, 0) is 14.6 Å². The molecule has 0 aliphatic rings. The molecule has 0 spiro atoms. The molecular formula is C23H22N4O5S2. The van der Waals surface area contributed by atoms with Crippen molar-refractivity contribution in [2.75, 3.05) is 24.8 Å². The number of hydrogen-bond acceptors (Lipinski definition) is 9. The van der Waals surface area contributed by atoms with Crippen LogP contribution in [0.4, 0.5) is 5.13 Å². The number of carbonyl (C=O) groups excluding carboxylic acids is 1. The lowest BCUT2D eigenvalue weighted by molar-refractivity contribution is -0.112. The number of aromatic nitrogens is 2. The van der Waals surface area contributed by atoms with Gasteiger partial charge in [-0.1, -0.05) is 41.2 Å². The number of amides is 1. The van der Waals surface area contributed by atoms with Crippen LogP contribution >= 0.6 is 11.3 Å². The number of nitrogens with one attached hydrogen (secondary N) is 1. The quantitative estimate of drug-likeness (QED) is 0.194. The highest BCUT2D eigenvalue weighted by atomic mass is 32.2. The minimum atomic E-state index is -3.53. The van der Waals surface area contributed by atoms with E-state index < -0.39 is 15.7 Å². The van der Waals surface area contributed by atoms with Gasteiger partial charge in [0.2, 0.25) is 19.3 Å². The van der Waals surface area contributed by atoms with E-state index in [1.165, 1.54) is 11.6 Å². The predicted molar refractivity (Wildman–Crippen MR) is 128 cm³/mol. The second kappa shape index (κ2) is 11.4. The Bertz CT molecular complexity index is 1310. The molecule has 11 heteroatoms. The van der Waals surface area contributed by atoms with Crippen LogP contribution in [0.5, 0.6) is 11.5 Å². The summed E-state index contributed by atoms with van der Waals surface area (Å²) in [6, 6.07) is 16.6. The average molecular weight is 499 g/mol. The fourth-order valence-electron chi connectivity index (χ4n) is 2.62. The number of nitrogens with zero attached hydrogens (tertiary/aromatic N) is 3. The van der Waals surface area contributed by atoms with Crippen molar-refractivity contribution >= 4 is 38.3 Å². The van der Waals surface area contributed by atoms with E-state index in [1.807, 2.05) is 37.3 Å². The molecule has 3 aromatic rings. The highest BCUT2D eigenvalue weighted by Gasteiger charge is 2.17. The monoisotopic (exact) mass is 498 g/mol. The van der Waals surface area contributed by atoms with Crippen LogP contribution in [0.25, 0.3) is 6.08 Å². The highest BCUT2D eigenvalue weighted by molar-refractivity contribution is 7.92. The molecule has 34 heavy (non-hydrogen) atoms. The number of hydrogen-bond donors (Lipinski definition) is 1. The zero-order valence-corrected chi connectivity index (χ0v) is 20.1. The number of nitriles is 1. The van der Waals surface area contributed by atoms with E-state index in [0.717, 1.165) is 12.0 Å². The van der Waals surface area contributed by atoms with Crippen LogP contribution in [-0.4, -0.2) is 44.0 Å². The summed E-state index contributed by atoms with van der Waals surface area (Å²) in [5, 5.41) is 18.8. The van der Waals surface area contributed by atoms with Crippen LogP contribution in [0, 0.1) is 18.3 Å². The summed E-state index contributed by atoms with van der Waals surface area (Å²) in [5.41, 5.74) is 1.63. The van der Waals surface area contributed by atoms with Gasteiger partial charge in [0.05, 0.1) is 13.2 Å². The van der Waals surface area contributed by atoms with Gasteiger partial charge in [0, 0.05) is 12.7 Å². The fourth-order valence-corrected chi connectivity index (χ4v) is 4.13. The summed E-state index contributed by atoms with van der Waals surface area (Å²) >= 11 is 0.710. The number of carbonyl (C=O) groups is 1. The van der Waals surface area contributed by atoms with E-state index in [2.05, 4.69) is 15.5 Å². The smallest absolute Gasteiger partial charge is 0.268 e. The topological polar surface area (TPSA) is 131 Å². The van der Waals surface area contributed by atoms with Crippen LogP contribution in [0.1, 0.15) is 17.5 Å². The van der Waals surface area contributed by atoms with Gasteiger partial charge in [-0.15, -0.1) is 10.2 Å².